The number of rotatable bonds is 6. The largest absolute Gasteiger partial charge is 0.489 e. The van der Waals surface area contributed by atoms with E-state index in [0.717, 1.165) is 17.9 Å². The average molecular weight is 219 g/mol. The highest BCUT2D eigenvalue weighted by Gasteiger charge is 1.97. The standard InChI is InChI=1S/C14H21NO/c1-11(2)10-16-14-7-5-13(6-8-14)9-15-12(3)4/h5-8,12,15H,1,9-10H2,2-4H3. The normalized spacial score (nSPS) is 10.5. The van der Waals surface area contributed by atoms with E-state index in [1.165, 1.54) is 5.56 Å². The molecule has 16 heavy (non-hydrogen) atoms. The number of ether oxygens (including phenoxy) is 1. The van der Waals surface area contributed by atoms with E-state index in [1.807, 2.05) is 19.1 Å². The lowest BCUT2D eigenvalue weighted by Gasteiger charge is -2.09. The fourth-order valence-corrected chi connectivity index (χ4v) is 1.23. The molecule has 0 aliphatic rings. The Hall–Kier alpha value is -1.28. The summed E-state index contributed by atoms with van der Waals surface area (Å²) in [7, 11) is 0. The van der Waals surface area contributed by atoms with Gasteiger partial charge >= 0.3 is 0 Å². The number of benzene rings is 1. The first-order valence-corrected chi connectivity index (χ1v) is 5.67. The Bertz CT molecular complexity index is 327. The van der Waals surface area contributed by atoms with E-state index < -0.39 is 0 Å². The molecule has 0 radical (unpaired) electrons. The number of hydrogen-bond acceptors (Lipinski definition) is 2. The molecule has 0 aliphatic carbocycles. The molecule has 0 saturated carbocycles. The molecular weight excluding hydrogens is 198 g/mol. The maximum absolute atomic E-state index is 5.53. The van der Waals surface area contributed by atoms with Crippen LogP contribution in [0.15, 0.2) is 36.4 Å². The van der Waals surface area contributed by atoms with Crippen LogP contribution in [0, 0.1) is 0 Å². The molecule has 88 valence electrons. The first-order valence-electron chi connectivity index (χ1n) is 5.67. The summed E-state index contributed by atoms with van der Waals surface area (Å²) in [6.07, 6.45) is 0. The summed E-state index contributed by atoms with van der Waals surface area (Å²) < 4.78 is 5.53. The van der Waals surface area contributed by atoms with Gasteiger partial charge in [-0.1, -0.05) is 32.6 Å². The SMILES string of the molecule is C=C(C)COc1ccc(CNC(C)C)cc1. The highest BCUT2D eigenvalue weighted by atomic mass is 16.5. The van der Waals surface area contributed by atoms with Crippen LogP contribution in [-0.4, -0.2) is 12.6 Å². The van der Waals surface area contributed by atoms with Crippen molar-refractivity contribution in [1.29, 1.82) is 0 Å². The first-order chi connectivity index (χ1) is 7.58. The van der Waals surface area contributed by atoms with Gasteiger partial charge in [0.15, 0.2) is 0 Å². The molecule has 0 unspecified atom stereocenters. The van der Waals surface area contributed by atoms with Gasteiger partial charge in [-0.25, -0.2) is 0 Å². The molecule has 0 fully saturated rings. The molecule has 1 aromatic carbocycles. The lowest BCUT2D eigenvalue weighted by molar-refractivity contribution is 0.352. The smallest absolute Gasteiger partial charge is 0.119 e. The van der Waals surface area contributed by atoms with Gasteiger partial charge in [0.05, 0.1) is 0 Å². The summed E-state index contributed by atoms with van der Waals surface area (Å²) in [6.45, 7) is 11.5. The molecule has 1 aromatic rings. The van der Waals surface area contributed by atoms with Crippen LogP contribution in [0.2, 0.25) is 0 Å². The summed E-state index contributed by atoms with van der Waals surface area (Å²) in [5, 5.41) is 3.38. The van der Waals surface area contributed by atoms with Crippen LogP contribution in [-0.2, 0) is 6.54 Å². The summed E-state index contributed by atoms with van der Waals surface area (Å²) >= 11 is 0. The zero-order chi connectivity index (χ0) is 12.0. The van der Waals surface area contributed by atoms with Crippen molar-refractivity contribution >= 4 is 0 Å². The van der Waals surface area contributed by atoms with Crippen LogP contribution >= 0.6 is 0 Å². The summed E-state index contributed by atoms with van der Waals surface area (Å²) in [4.78, 5) is 0. The topological polar surface area (TPSA) is 21.3 Å². The van der Waals surface area contributed by atoms with Gasteiger partial charge < -0.3 is 10.1 Å². The molecule has 2 heteroatoms. The molecule has 0 saturated heterocycles. The van der Waals surface area contributed by atoms with Crippen molar-refractivity contribution in [2.45, 2.75) is 33.4 Å². The average Bonchev–Trinajstić information content (AvgIpc) is 2.25. The molecule has 0 aromatic heterocycles. The highest BCUT2D eigenvalue weighted by molar-refractivity contribution is 5.27. The van der Waals surface area contributed by atoms with E-state index in [-0.39, 0.29) is 0 Å². The van der Waals surface area contributed by atoms with Gasteiger partial charge in [-0.2, -0.15) is 0 Å². The molecule has 0 spiro atoms. The predicted molar refractivity (Wildman–Crippen MR) is 68.7 cm³/mol. The highest BCUT2D eigenvalue weighted by Crippen LogP contribution is 2.12. The molecule has 0 amide bonds. The Kier molecular flexibility index (Phi) is 5.06. The van der Waals surface area contributed by atoms with Crippen LogP contribution in [0.1, 0.15) is 26.3 Å². The molecule has 2 nitrogen and oxygen atoms in total. The lowest BCUT2D eigenvalue weighted by atomic mass is 10.2. The lowest BCUT2D eigenvalue weighted by Crippen LogP contribution is -2.21. The Morgan fingerprint density at radius 2 is 1.94 bits per heavy atom. The van der Waals surface area contributed by atoms with Gasteiger partial charge in [-0.05, 0) is 30.2 Å². The Morgan fingerprint density at radius 3 is 2.44 bits per heavy atom. The van der Waals surface area contributed by atoms with Crippen LogP contribution < -0.4 is 10.1 Å². The number of nitrogens with one attached hydrogen (secondary N) is 1. The van der Waals surface area contributed by atoms with Gasteiger partial charge in [0.2, 0.25) is 0 Å². The molecule has 1 N–H and O–H groups in total. The fourth-order valence-electron chi connectivity index (χ4n) is 1.23. The monoisotopic (exact) mass is 219 g/mol. The second-order valence-electron chi connectivity index (χ2n) is 4.43. The van der Waals surface area contributed by atoms with Gasteiger partial charge in [0, 0.05) is 12.6 Å². The second kappa shape index (κ2) is 6.33. The van der Waals surface area contributed by atoms with Crippen molar-refractivity contribution in [3.8, 4) is 5.75 Å². The van der Waals surface area contributed by atoms with Gasteiger partial charge in [0.25, 0.3) is 0 Å². The molecule has 0 atom stereocenters. The summed E-state index contributed by atoms with van der Waals surface area (Å²) in [6, 6.07) is 8.69. The van der Waals surface area contributed by atoms with Gasteiger partial charge in [0.1, 0.15) is 12.4 Å². The fraction of sp³-hybridized carbons (Fsp3) is 0.429. The Morgan fingerprint density at radius 1 is 1.31 bits per heavy atom. The van der Waals surface area contributed by atoms with Crippen LogP contribution in [0.4, 0.5) is 0 Å². The quantitative estimate of drug-likeness (QED) is 0.742. The molecule has 0 heterocycles. The zero-order valence-electron chi connectivity index (χ0n) is 10.4. The van der Waals surface area contributed by atoms with E-state index in [1.54, 1.807) is 0 Å². The van der Waals surface area contributed by atoms with Gasteiger partial charge in [-0.15, -0.1) is 0 Å². The first kappa shape index (κ1) is 12.8. The van der Waals surface area contributed by atoms with E-state index >= 15 is 0 Å². The van der Waals surface area contributed by atoms with Crippen LogP contribution in [0.25, 0.3) is 0 Å². The van der Waals surface area contributed by atoms with E-state index in [9.17, 15) is 0 Å². The van der Waals surface area contributed by atoms with Crippen molar-refractivity contribution in [2.75, 3.05) is 6.61 Å². The minimum atomic E-state index is 0.513. The van der Waals surface area contributed by atoms with Crippen LogP contribution in [0.5, 0.6) is 5.75 Å². The van der Waals surface area contributed by atoms with E-state index in [0.29, 0.717) is 12.6 Å². The van der Waals surface area contributed by atoms with Crippen LogP contribution in [0.3, 0.4) is 0 Å². The predicted octanol–water partition coefficient (Wildman–Crippen LogP) is 3.14. The maximum atomic E-state index is 5.53. The van der Waals surface area contributed by atoms with E-state index in [2.05, 4.69) is 37.9 Å². The molecule has 0 aliphatic heterocycles. The Balaban J connectivity index is 2.44. The number of hydrogen-bond donors (Lipinski definition) is 1. The second-order valence-corrected chi connectivity index (χ2v) is 4.43. The minimum absolute atomic E-state index is 0.513. The third-order valence-electron chi connectivity index (χ3n) is 2.12. The Labute approximate surface area is 98.3 Å². The molecular formula is C14H21NO. The zero-order valence-corrected chi connectivity index (χ0v) is 10.4. The third kappa shape index (κ3) is 4.99. The van der Waals surface area contributed by atoms with Gasteiger partial charge in [-0.3, -0.25) is 0 Å². The third-order valence-corrected chi connectivity index (χ3v) is 2.12. The minimum Gasteiger partial charge on any atom is -0.489 e. The summed E-state index contributed by atoms with van der Waals surface area (Å²) in [5.41, 5.74) is 2.31. The summed E-state index contributed by atoms with van der Waals surface area (Å²) in [5.74, 6) is 0.899. The molecule has 0 bridgehead atoms. The van der Waals surface area contributed by atoms with Crippen molar-refractivity contribution in [1.82, 2.24) is 5.32 Å². The van der Waals surface area contributed by atoms with Crippen molar-refractivity contribution in [2.24, 2.45) is 0 Å². The van der Waals surface area contributed by atoms with Crippen molar-refractivity contribution in [3.63, 3.8) is 0 Å². The molecule has 1 rings (SSSR count). The van der Waals surface area contributed by atoms with Crippen molar-refractivity contribution in [3.05, 3.63) is 42.0 Å². The maximum Gasteiger partial charge on any atom is 0.119 e. The van der Waals surface area contributed by atoms with E-state index in [4.69, 9.17) is 4.74 Å². The van der Waals surface area contributed by atoms with Crippen molar-refractivity contribution < 1.29 is 4.74 Å².